The number of rotatable bonds is 4. The number of carboxylic acid groups (broad SMARTS) is 1. The molecule has 0 bridgehead atoms. The minimum atomic E-state index is -1.26. The van der Waals surface area contributed by atoms with E-state index in [0.717, 1.165) is 5.69 Å². The van der Waals surface area contributed by atoms with Crippen LogP contribution < -0.4 is 61.4 Å². The van der Waals surface area contributed by atoms with Crippen LogP contribution in [-0.4, -0.2) is 20.1 Å². The van der Waals surface area contributed by atoms with Crippen molar-refractivity contribution in [3.05, 3.63) is 54.1 Å². The molecule has 0 N–H and O–H groups in total. The Bertz CT molecular complexity index is 640. The molecular weight excluding hydrogens is 293 g/mol. The topological polar surface area (TPSA) is 68.1 Å². The summed E-state index contributed by atoms with van der Waals surface area (Å²) in [5.41, 5.74) is 2.02. The van der Waals surface area contributed by atoms with Gasteiger partial charge in [-0.05, 0) is 30.3 Å². The summed E-state index contributed by atoms with van der Waals surface area (Å²) in [5, 5.41) is 18.9. The molecule has 0 aliphatic rings. The number of hydrogen-bond acceptors (Lipinski definition) is 5. The van der Waals surface area contributed by atoms with Crippen LogP contribution in [0.5, 0.6) is 0 Å². The predicted molar refractivity (Wildman–Crippen MR) is 75.7 cm³/mol. The Labute approximate surface area is 166 Å². The van der Waals surface area contributed by atoms with Crippen molar-refractivity contribution in [3.63, 3.8) is 0 Å². The molecule has 0 aliphatic carbocycles. The van der Waals surface area contributed by atoms with Crippen molar-refractivity contribution in [2.75, 3.05) is 19.0 Å². The summed E-state index contributed by atoms with van der Waals surface area (Å²) in [6, 6.07) is 13.8. The number of carboxylic acids is 1. The number of hydrogen-bond donors (Lipinski definition) is 0. The van der Waals surface area contributed by atoms with Crippen molar-refractivity contribution >= 4 is 23.0 Å². The summed E-state index contributed by atoms with van der Waals surface area (Å²) in [6.45, 7) is 0. The fourth-order valence-corrected chi connectivity index (χ4v) is 1.66. The molecule has 102 valence electrons. The molecule has 0 saturated carbocycles. The van der Waals surface area contributed by atoms with Gasteiger partial charge in [-0.2, -0.15) is 5.11 Å². The molecular formula is C15H14KN3O2. The first-order valence-electron chi connectivity index (χ1n) is 6.07. The van der Waals surface area contributed by atoms with Crippen LogP contribution in [0.25, 0.3) is 0 Å². The maximum atomic E-state index is 10.9. The Morgan fingerprint density at radius 1 is 1.00 bits per heavy atom. The third-order valence-corrected chi connectivity index (χ3v) is 2.76. The number of anilines is 1. The van der Waals surface area contributed by atoms with E-state index in [0.29, 0.717) is 5.69 Å². The van der Waals surface area contributed by atoms with Crippen LogP contribution in [0.15, 0.2) is 58.8 Å². The minimum absolute atomic E-state index is 0. The van der Waals surface area contributed by atoms with Gasteiger partial charge in [0.1, 0.15) is 0 Å². The predicted octanol–water partition coefficient (Wildman–Crippen LogP) is -0.465. The third-order valence-electron chi connectivity index (χ3n) is 2.76. The van der Waals surface area contributed by atoms with E-state index in [1.165, 1.54) is 6.07 Å². The maximum absolute atomic E-state index is 10.9. The van der Waals surface area contributed by atoms with E-state index in [9.17, 15) is 9.90 Å². The molecule has 21 heavy (non-hydrogen) atoms. The monoisotopic (exact) mass is 307 g/mol. The van der Waals surface area contributed by atoms with E-state index < -0.39 is 5.97 Å². The molecule has 0 heterocycles. The molecule has 5 nitrogen and oxygen atoms in total. The van der Waals surface area contributed by atoms with Gasteiger partial charge < -0.3 is 14.8 Å². The van der Waals surface area contributed by atoms with Gasteiger partial charge in [-0.1, -0.05) is 18.2 Å². The fraction of sp³-hybridized carbons (Fsp3) is 0.133. The Hall–Kier alpha value is -1.05. The molecule has 2 rings (SSSR count). The largest absolute Gasteiger partial charge is 1.00 e. The molecule has 0 aliphatic heterocycles. The van der Waals surface area contributed by atoms with Gasteiger partial charge in [-0.3, -0.25) is 0 Å². The number of carbonyl (C=O) groups excluding carboxylic acids is 1. The second kappa shape index (κ2) is 8.40. The fourth-order valence-electron chi connectivity index (χ4n) is 1.66. The van der Waals surface area contributed by atoms with Crippen molar-refractivity contribution in [1.29, 1.82) is 0 Å². The molecule has 0 atom stereocenters. The first-order valence-corrected chi connectivity index (χ1v) is 6.07. The Morgan fingerprint density at radius 3 is 2.19 bits per heavy atom. The summed E-state index contributed by atoms with van der Waals surface area (Å²) >= 11 is 0. The summed E-state index contributed by atoms with van der Waals surface area (Å²) in [4.78, 5) is 12.9. The average Bonchev–Trinajstić information content (AvgIpc) is 2.45. The number of nitrogens with zero attached hydrogens (tertiary/aromatic N) is 3. The summed E-state index contributed by atoms with van der Waals surface area (Å²) < 4.78 is 0. The summed E-state index contributed by atoms with van der Waals surface area (Å²) in [6.07, 6.45) is 0. The van der Waals surface area contributed by atoms with E-state index in [4.69, 9.17) is 0 Å². The molecule has 0 amide bonds. The van der Waals surface area contributed by atoms with Crippen LogP contribution in [-0.2, 0) is 0 Å². The first-order chi connectivity index (χ1) is 9.58. The maximum Gasteiger partial charge on any atom is 1.00 e. The van der Waals surface area contributed by atoms with Gasteiger partial charge in [0, 0.05) is 25.3 Å². The number of aromatic carboxylic acids is 1. The summed E-state index contributed by atoms with van der Waals surface area (Å²) in [5.74, 6) is -1.26. The second-order valence-electron chi connectivity index (χ2n) is 4.42. The summed E-state index contributed by atoms with van der Waals surface area (Å²) in [7, 11) is 3.90. The number of carbonyl (C=O) groups is 1. The molecule has 0 fully saturated rings. The molecule has 2 aromatic rings. The normalized spacial score (nSPS) is 10.2. The van der Waals surface area contributed by atoms with E-state index in [-0.39, 0.29) is 62.6 Å². The van der Waals surface area contributed by atoms with Crippen molar-refractivity contribution in [2.45, 2.75) is 0 Å². The second-order valence-corrected chi connectivity index (χ2v) is 4.42. The Balaban J connectivity index is 0.00000220. The van der Waals surface area contributed by atoms with Gasteiger partial charge in [0.25, 0.3) is 0 Å². The molecule has 6 heteroatoms. The van der Waals surface area contributed by atoms with Gasteiger partial charge >= 0.3 is 51.4 Å². The minimum Gasteiger partial charge on any atom is -0.545 e. The molecule has 0 spiro atoms. The first kappa shape index (κ1) is 18.0. The average molecular weight is 307 g/mol. The van der Waals surface area contributed by atoms with Gasteiger partial charge in [-0.25, -0.2) is 0 Å². The van der Waals surface area contributed by atoms with Gasteiger partial charge in [0.15, 0.2) is 0 Å². The molecule has 0 saturated heterocycles. The van der Waals surface area contributed by atoms with Crippen molar-refractivity contribution in [2.24, 2.45) is 10.2 Å². The van der Waals surface area contributed by atoms with E-state index in [2.05, 4.69) is 10.2 Å². The van der Waals surface area contributed by atoms with Gasteiger partial charge in [0.05, 0.1) is 17.3 Å². The van der Waals surface area contributed by atoms with Gasteiger partial charge in [0.2, 0.25) is 0 Å². The van der Waals surface area contributed by atoms with Crippen molar-refractivity contribution < 1.29 is 61.3 Å². The van der Waals surface area contributed by atoms with Gasteiger partial charge in [-0.15, -0.1) is 5.11 Å². The van der Waals surface area contributed by atoms with Crippen LogP contribution in [0.2, 0.25) is 0 Å². The van der Waals surface area contributed by atoms with E-state index in [1.54, 1.807) is 18.2 Å². The standard InChI is InChI=1S/C15H15N3O2.K/c1-18(2)12-9-7-11(8-10-12)16-17-14-6-4-3-5-13(14)15(19)20;/h3-10H,1-2H3,(H,19,20);/q;+1/p-1. The SMILES string of the molecule is CN(C)c1ccc(N=Nc2ccccc2C(=O)[O-])cc1.[K+]. The molecule has 0 unspecified atom stereocenters. The zero-order chi connectivity index (χ0) is 14.5. The van der Waals surface area contributed by atoms with Crippen LogP contribution >= 0.6 is 0 Å². The molecule has 0 radical (unpaired) electrons. The Kier molecular flexibility index (Phi) is 7.20. The zero-order valence-electron chi connectivity index (χ0n) is 12.3. The van der Waals surface area contributed by atoms with Crippen LogP contribution in [0, 0.1) is 0 Å². The van der Waals surface area contributed by atoms with Crippen LogP contribution in [0.4, 0.5) is 17.1 Å². The molecule has 0 aromatic heterocycles. The number of benzene rings is 2. The number of azo groups is 1. The quantitative estimate of drug-likeness (QED) is 0.567. The van der Waals surface area contributed by atoms with Crippen LogP contribution in [0.1, 0.15) is 10.4 Å². The van der Waals surface area contributed by atoms with E-state index >= 15 is 0 Å². The zero-order valence-corrected chi connectivity index (χ0v) is 15.4. The smallest absolute Gasteiger partial charge is 0.545 e. The third kappa shape index (κ3) is 5.01. The van der Waals surface area contributed by atoms with Crippen LogP contribution in [0.3, 0.4) is 0 Å². The molecule has 2 aromatic carbocycles. The van der Waals surface area contributed by atoms with E-state index in [1.807, 2.05) is 43.3 Å². The Morgan fingerprint density at radius 2 is 1.62 bits per heavy atom. The van der Waals surface area contributed by atoms with Crippen molar-refractivity contribution in [1.82, 2.24) is 0 Å². The van der Waals surface area contributed by atoms with Crippen molar-refractivity contribution in [3.8, 4) is 0 Å².